The molecule has 15 heavy (non-hydrogen) atoms. The fourth-order valence-corrected chi connectivity index (χ4v) is 0.868. The molecule has 76 valence electrons. The van der Waals surface area contributed by atoms with Crippen LogP contribution in [0, 0.1) is 0 Å². The van der Waals surface area contributed by atoms with Crippen molar-refractivity contribution in [2.24, 2.45) is 0 Å². The summed E-state index contributed by atoms with van der Waals surface area (Å²) in [4.78, 5) is 20.6. The zero-order chi connectivity index (χ0) is 11.1. The smallest absolute Gasteiger partial charge is 0.178 e. The molecule has 3 heteroatoms. The average Bonchev–Trinajstić information content (AvgIpc) is 2.25. The van der Waals surface area contributed by atoms with E-state index >= 15 is 0 Å². The first-order valence-electron chi connectivity index (χ1n) is 4.36. The molecule has 0 atom stereocenters. The first-order valence-corrected chi connectivity index (χ1v) is 4.36. The summed E-state index contributed by atoms with van der Waals surface area (Å²) < 4.78 is 0. The highest BCUT2D eigenvalue weighted by atomic mass is 16.3. The number of allylic oxidation sites excluding steroid dienone is 4. The molecule has 0 fully saturated rings. The zero-order valence-electron chi connectivity index (χ0n) is 7.96. The van der Waals surface area contributed by atoms with E-state index < -0.39 is 0 Å². The minimum atomic E-state index is -0.121. The van der Waals surface area contributed by atoms with Gasteiger partial charge in [0.1, 0.15) is 5.75 Å². The van der Waals surface area contributed by atoms with Crippen molar-refractivity contribution < 1.29 is 14.7 Å². The molecular formula is C12H10O3. The summed E-state index contributed by atoms with van der Waals surface area (Å²) in [6.45, 7) is 0. The van der Waals surface area contributed by atoms with Gasteiger partial charge in [-0.25, -0.2) is 0 Å². The number of carbonyl (C=O) groups excluding carboxylic acids is 2. The van der Waals surface area contributed by atoms with Crippen molar-refractivity contribution in [3.63, 3.8) is 0 Å². The molecule has 0 bridgehead atoms. The molecule has 0 heterocycles. The van der Waals surface area contributed by atoms with Crippen LogP contribution >= 0.6 is 0 Å². The van der Waals surface area contributed by atoms with E-state index in [1.165, 1.54) is 24.3 Å². The number of ketones is 2. The predicted molar refractivity (Wildman–Crippen MR) is 56.4 cm³/mol. The summed E-state index contributed by atoms with van der Waals surface area (Å²) in [7, 11) is 0. The number of phenols is 1. The van der Waals surface area contributed by atoms with Gasteiger partial charge in [-0.05, 0) is 36.4 Å². The topological polar surface area (TPSA) is 54.4 Å². The monoisotopic (exact) mass is 202 g/mol. The number of phenolic OH excluding ortho intramolecular Hbond substituents is 1. The second-order valence-electron chi connectivity index (χ2n) is 2.81. The van der Waals surface area contributed by atoms with Gasteiger partial charge in [0.25, 0.3) is 0 Å². The first kappa shape index (κ1) is 10.9. The molecule has 0 amide bonds. The molecule has 0 radical (unpaired) electrons. The summed E-state index contributed by atoms with van der Waals surface area (Å²) >= 11 is 0. The minimum Gasteiger partial charge on any atom is -0.508 e. The van der Waals surface area contributed by atoms with Gasteiger partial charge in [-0.3, -0.25) is 9.59 Å². The SMILES string of the molecule is O=C1C=CC(=O)C=C1.Oc1ccccc1. The third-order valence-electron chi connectivity index (χ3n) is 1.58. The van der Waals surface area contributed by atoms with Gasteiger partial charge in [0, 0.05) is 0 Å². The van der Waals surface area contributed by atoms with Crippen molar-refractivity contribution in [3.8, 4) is 5.75 Å². The van der Waals surface area contributed by atoms with E-state index in [9.17, 15) is 9.59 Å². The van der Waals surface area contributed by atoms with Crippen molar-refractivity contribution in [1.82, 2.24) is 0 Å². The lowest BCUT2D eigenvalue weighted by Gasteiger charge is -1.87. The van der Waals surface area contributed by atoms with Gasteiger partial charge in [-0.15, -0.1) is 0 Å². The molecule has 0 saturated heterocycles. The van der Waals surface area contributed by atoms with Crippen LogP contribution in [0.3, 0.4) is 0 Å². The Morgan fingerprint density at radius 3 is 1.40 bits per heavy atom. The van der Waals surface area contributed by atoms with E-state index in [-0.39, 0.29) is 11.6 Å². The summed E-state index contributed by atoms with van der Waals surface area (Å²) in [5, 5.41) is 8.63. The van der Waals surface area contributed by atoms with Gasteiger partial charge >= 0.3 is 0 Å². The number of benzene rings is 1. The van der Waals surface area contributed by atoms with Crippen LogP contribution in [0.25, 0.3) is 0 Å². The van der Waals surface area contributed by atoms with Crippen molar-refractivity contribution >= 4 is 11.6 Å². The number of hydrogen-bond acceptors (Lipinski definition) is 3. The Bertz CT molecular complexity index is 364. The maximum atomic E-state index is 10.3. The third-order valence-corrected chi connectivity index (χ3v) is 1.58. The Hall–Kier alpha value is -2.16. The second kappa shape index (κ2) is 5.54. The van der Waals surface area contributed by atoms with Gasteiger partial charge in [0.2, 0.25) is 0 Å². The van der Waals surface area contributed by atoms with E-state index in [1.54, 1.807) is 24.3 Å². The lowest BCUT2D eigenvalue weighted by Crippen LogP contribution is -1.97. The molecular weight excluding hydrogens is 192 g/mol. The number of para-hydroxylation sites is 1. The lowest BCUT2D eigenvalue weighted by molar-refractivity contribution is -0.113. The maximum Gasteiger partial charge on any atom is 0.178 e. The number of hydrogen-bond donors (Lipinski definition) is 1. The molecule has 1 aromatic rings. The normalized spacial score (nSPS) is 13.3. The molecule has 2 rings (SSSR count). The van der Waals surface area contributed by atoms with Crippen LogP contribution in [-0.4, -0.2) is 16.7 Å². The van der Waals surface area contributed by atoms with Crippen molar-refractivity contribution in [3.05, 3.63) is 54.6 Å². The van der Waals surface area contributed by atoms with Gasteiger partial charge in [0.05, 0.1) is 0 Å². The highest BCUT2D eigenvalue weighted by Crippen LogP contribution is 2.02. The summed E-state index contributed by atoms with van der Waals surface area (Å²) in [5.41, 5.74) is 0. The van der Waals surface area contributed by atoms with E-state index in [1.807, 2.05) is 6.07 Å². The Labute approximate surface area is 87.4 Å². The fourth-order valence-electron chi connectivity index (χ4n) is 0.868. The predicted octanol–water partition coefficient (Wildman–Crippen LogP) is 1.64. The standard InChI is InChI=1S/C6H4O2.C6H6O/c7-5-1-2-6(8)4-3-5;7-6-4-2-1-3-5-6/h1-4H;1-5,7H. The molecule has 1 aliphatic rings. The van der Waals surface area contributed by atoms with Gasteiger partial charge < -0.3 is 5.11 Å². The number of rotatable bonds is 0. The first-order chi connectivity index (χ1) is 7.18. The molecule has 0 unspecified atom stereocenters. The number of carbonyl (C=O) groups is 2. The highest BCUT2D eigenvalue weighted by molar-refractivity contribution is 6.14. The Balaban J connectivity index is 0.000000151. The Morgan fingerprint density at radius 1 is 0.733 bits per heavy atom. The van der Waals surface area contributed by atoms with Crippen LogP contribution in [0.5, 0.6) is 5.75 Å². The van der Waals surface area contributed by atoms with Crippen LogP contribution in [0.15, 0.2) is 54.6 Å². The van der Waals surface area contributed by atoms with Crippen LogP contribution in [-0.2, 0) is 9.59 Å². The third kappa shape index (κ3) is 4.57. The van der Waals surface area contributed by atoms with Crippen LogP contribution in [0.1, 0.15) is 0 Å². The average molecular weight is 202 g/mol. The number of aromatic hydroxyl groups is 1. The lowest BCUT2D eigenvalue weighted by atomic mass is 10.2. The fraction of sp³-hybridized carbons (Fsp3) is 0. The summed E-state index contributed by atoms with van der Waals surface area (Å²) in [6, 6.07) is 8.71. The molecule has 0 saturated carbocycles. The maximum absolute atomic E-state index is 10.3. The van der Waals surface area contributed by atoms with Crippen molar-refractivity contribution in [1.29, 1.82) is 0 Å². The van der Waals surface area contributed by atoms with Crippen molar-refractivity contribution in [2.45, 2.75) is 0 Å². The van der Waals surface area contributed by atoms with Crippen LogP contribution in [0.4, 0.5) is 0 Å². The minimum absolute atomic E-state index is 0.121. The summed E-state index contributed by atoms with van der Waals surface area (Å²) in [6.07, 6.45) is 5.01. The Morgan fingerprint density at radius 2 is 1.13 bits per heavy atom. The quantitative estimate of drug-likeness (QED) is 0.651. The Kier molecular flexibility index (Phi) is 4.04. The van der Waals surface area contributed by atoms with E-state index in [0.717, 1.165) is 0 Å². The second-order valence-corrected chi connectivity index (χ2v) is 2.81. The van der Waals surface area contributed by atoms with Gasteiger partial charge in [0.15, 0.2) is 11.6 Å². The van der Waals surface area contributed by atoms with Crippen LogP contribution < -0.4 is 0 Å². The molecule has 1 N–H and O–H groups in total. The zero-order valence-corrected chi connectivity index (χ0v) is 7.96. The molecule has 0 aliphatic heterocycles. The van der Waals surface area contributed by atoms with Crippen LogP contribution in [0.2, 0.25) is 0 Å². The van der Waals surface area contributed by atoms with Gasteiger partial charge in [-0.2, -0.15) is 0 Å². The largest absolute Gasteiger partial charge is 0.508 e. The molecule has 3 nitrogen and oxygen atoms in total. The van der Waals surface area contributed by atoms with E-state index in [0.29, 0.717) is 5.75 Å². The highest BCUT2D eigenvalue weighted by Gasteiger charge is 1.97. The molecule has 1 aliphatic carbocycles. The van der Waals surface area contributed by atoms with Gasteiger partial charge in [-0.1, -0.05) is 18.2 Å². The summed E-state index contributed by atoms with van der Waals surface area (Å²) in [5.74, 6) is 0.0803. The van der Waals surface area contributed by atoms with E-state index in [4.69, 9.17) is 5.11 Å². The van der Waals surface area contributed by atoms with E-state index in [2.05, 4.69) is 0 Å². The van der Waals surface area contributed by atoms with Crippen molar-refractivity contribution in [2.75, 3.05) is 0 Å². The molecule has 0 spiro atoms. The molecule has 1 aromatic carbocycles. The molecule has 0 aromatic heterocycles.